The molecule has 7 heteroatoms. The number of nitrogens with zero attached hydrogens (tertiary/aromatic N) is 2. The van der Waals surface area contributed by atoms with Crippen molar-refractivity contribution in [2.24, 2.45) is 0 Å². The lowest BCUT2D eigenvalue weighted by molar-refractivity contribution is 0.627. The van der Waals surface area contributed by atoms with Crippen LogP contribution in [0.1, 0.15) is 35.3 Å². The number of thiophene rings is 1. The van der Waals surface area contributed by atoms with Gasteiger partial charge in [0.1, 0.15) is 10.6 Å². The molecule has 28 heavy (non-hydrogen) atoms. The molecule has 0 aliphatic heterocycles. The molecule has 146 valence electrons. The van der Waals surface area contributed by atoms with E-state index >= 15 is 0 Å². The third-order valence-electron chi connectivity index (χ3n) is 4.97. The highest BCUT2D eigenvalue weighted by atomic mass is 35.5. The fourth-order valence-corrected chi connectivity index (χ4v) is 6.21. The number of rotatable bonds is 5. The first-order chi connectivity index (χ1) is 13.6. The zero-order valence-electron chi connectivity index (χ0n) is 15.3. The van der Waals surface area contributed by atoms with Crippen molar-refractivity contribution in [3.8, 4) is 0 Å². The van der Waals surface area contributed by atoms with E-state index in [4.69, 9.17) is 16.6 Å². The van der Waals surface area contributed by atoms with Gasteiger partial charge in [-0.05, 0) is 48.9 Å². The zero-order valence-corrected chi connectivity index (χ0v) is 17.7. The van der Waals surface area contributed by atoms with Gasteiger partial charge in [0.15, 0.2) is 5.16 Å². The van der Waals surface area contributed by atoms with Crippen LogP contribution in [0.15, 0.2) is 40.8 Å². The van der Waals surface area contributed by atoms with Gasteiger partial charge in [-0.15, -0.1) is 17.9 Å². The van der Waals surface area contributed by atoms with E-state index in [1.165, 1.54) is 47.2 Å². The van der Waals surface area contributed by atoms with Crippen LogP contribution in [-0.4, -0.2) is 9.55 Å². The Morgan fingerprint density at radius 1 is 1.32 bits per heavy atom. The largest absolute Gasteiger partial charge is 0.283 e. The standard InChI is InChI=1S/C21H20ClFN2OS2/c1-2-10-25-20(26)18-15-6-4-3-5-7-17(15)28-19(18)24-21(25)27-12-13-8-9-14(23)11-16(13)22/h2,8-9,11H,1,3-7,10,12H2. The van der Waals surface area contributed by atoms with Crippen LogP contribution < -0.4 is 5.56 Å². The van der Waals surface area contributed by atoms with Gasteiger partial charge in [-0.3, -0.25) is 9.36 Å². The number of hydrogen-bond acceptors (Lipinski definition) is 4. The highest BCUT2D eigenvalue weighted by Crippen LogP contribution is 2.35. The van der Waals surface area contributed by atoms with Crippen LogP contribution in [0.5, 0.6) is 0 Å². The second-order valence-electron chi connectivity index (χ2n) is 6.87. The maximum Gasteiger partial charge on any atom is 0.263 e. The van der Waals surface area contributed by atoms with E-state index in [0.29, 0.717) is 22.5 Å². The number of aryl methyl sites for hydroxylation is 2. The van der Waals surface area contributed by atoms with E-state index in [1.807, 2.05) is 0 Å². The molecule has 0 saturated heterocycles. The molecule has 2 heterocycles. The van der Waals surface area contributed by atoms with Crippen LogP contribution in [0.2, 0.25) is 5.02 Å². The molecule has 0 unspecified atom stereocenters. The highest BCUT2D eigenvalue weighted by Gasteiger charge is 2.21. The Balaban J connectivity index is 1.76. The number of allylic oxidation sites excluding steroid dienone is 1. The van der Waals surface area contributed by atoms with Crippen molar-refractivity contribution in [2.75, 3.05) is 0 Å². The van der Waals surface area contributed by atoms with Crippen LogP contribution >= 0.6 is 34.7 Å². The van der Waals surface area contributed by atoms with Gasteiger partial charge in [-0.2, -0.15) is 0 Å². The molecule has 0 spiro atoms. The molecule has 3 nitrogen and oxygen atoms in total. The Morgan fingerprint density at radius 2 is 2.14 bits per heavy atom. The van der Waals surface area contributed by atoms with Crippen molar-refractivity contribution in [3.63, 3.8) is 0 Å². The average Bonchev–Trinajstić information content (AvgIpc) is 2.85. The summed E-state index contributed by atoms with van der Waals surface area (Å²) in [5, 5.41) is 1.82. The monoisotopic (exact) mass is 434 g/mol. The van der Waals surface area contributed by atoms with E-state index in [-0.39, 0.29) is 11.4 Å². The molecule has 0 fully saturated rings. The summed E-state index contributed by atoms with van der Waals surface area (Å²) in [5.74, 6) is 0.154. The van der Waals surface area contributed by atoms with Gasteiger partial charge in [0.05, 0.1) is 5.39 Å². The summed E-state index contributed by atoms with van der Waals surface area (Å²) in [6.45, 7) is 4.20. The zero-order chi connectivity index (χ0) is 19.7. The fraction of sp³-hybridized carbons (Fsp3) is 0.333. The number of fused-ring (bicyclic) bond motifs is 3. The van der Waals surface area contributed by atoms with Crippen molar-refractivity contribution in [3.05, 3.63) is 68.1 Å². The number of benzene rings is 1. The Kier molecular flexibility index (Phi) is 5.90. The van der Waals surface area contributed by atoms with Gasteiger partial charge >= 0.3 is 0 Å². The fourth-order valence-electron chi connectivity index (χ4n) is 3.58. The van der Waals surface area contributed by atoms with Gasteiger partial charge in [0.25, 0.3) is 5.56 Å². The molecule has 1 aliphatic rings. The molecular formula is C21H20ClFN2OS2. The first-order valence-electron chi connectivity index (χ1n) is 9.31. The molecule has 3 aromatic rings. The Bertz CT molecular complexity index is 1110. The topological polar surface area (TPSA) is 34.9 Å². The Hall–Kier alpha value is -1.63. The normalized spacial score (nSPS) is 14.1. The lowest BCUT2D eigenvalue weighted by Gasteiger charge is -2.11. The van der Waals surface area contributed by atoms with Crippen molar-refractivity contribution in [2.45, 2.75) is 49.6 Å². The predicted octanol–water partition coefficient (Wildman–Crippen LogP) is 6.00. The number of thioether (sulfide) groups is 1. The first kappa shape index (κ1) is 19.7. The van der Waals surface area contributed by atoms with E-state index in [0.717, 1.165) is 35.0 Å². The Labute approximate surface area is 176 Å². The summed E-state index contributed by atoms with van der Waals surface area (Å²) < 4.78 is 15.0. The number of aromatic nitrogens is 2. The highest BCUT2D eigenvalue weighted by molar-refractivity contribution is 7.98. The summed E-state index contributed by atoms with van der Waals surface area (Å²) in [4.78, 5) is 20.3. The predicted molar refractivity (Wildman–Crippen MR) is 116 cm³/mol. The minimum atomic E-state index is -0.359. The molecule has 0 bridgehead atoms. The molecule has 0 atom stereocenters. The lowest BCUT2D eigenvalue weighted by atomic mass is 10.1. The van der Waals surface area contributed by atoms with E-state index < -0.39 is 0 Å². The van der Waals surface area contributed by atoms with Crippen LogP contribution in [0, 0.1) is 5.82 Å². The molecule has 4 rings (SSSR count). The quantitative estimate of drug-likeness (QED) is 0.214. The molecule has 2 aromatic heterocycles. The number of hydrogen-bond donors (Lipinski definition) is 0. The van der Waals surface area contributed by atoms with Gasteiger partial charge in [0, 0.05) is 22.2 Å². The van der Waals surface area contributed by atoms with Gasteiger partial charge in [0.2, 0.25) is 0 Å². The molecule has 1 aliphatic carbocycles. The smallest absolute Gasteiger partial charge is 0.263 e. The maximum atomic E-state index is 13.3. The third kappa shape index (κ3) is 3.78. The molecule has 0 N–H and O–H groups in total. The lowest BCUT2D eigenvalue weighted by Crippen LogP contribution is -2.23. The van der Waals surface area contributed by atoms with Crippen molar-refractivity contribution < 1.29 is 4.39 Å². The molecule has 0 saturated carbocycles. The van der Waals surface area contributed by atoms with Crippen LogP contribution in [0.25, 0.3) is 10.2 Å². The SMILES string of the molecule is C=CCn1c(SCc2ccc(F)cc2Cl)nc2sc3c(c2c1=O)CCCCC3. The van der Waals surface area contributed by atoms with E-state index in [2.05, 4.69) is 6.58 Å². The molecule has 1 aromatic carbocycles. The summed E-state index contributed by atoms with van der Waals surface area (Å²) in [7, 11) is 0. The average molecular weight is 435 g/mol. The maximum absolute atomic E-state index is 13.3. The van der Waals surface area contributed by atoms with E-state index in [1.54, 1.807) is 28.0 Å². The summed E-state index contributed by atoms with van der Waals surface area (Å²) in [5.41, 5.74) is 2.03. The second-order valence-corrected chi connectivity index (χ2v) is 9.30. The van der Waals surface area contributed by atoms with Gasteiger partial charge in [-0.25, -0.2) is 9.37 Å². The van der Waals surface area contributed by atoms with Crippen LogP contribution in [0.3, 0.4) is 0 Å². The Morgan fingerprint density at radius 3 is 2.93 bits per heavy atom. The third-order valence-corrected chi connectivity index (χ3v) is 7.54. The van der Waals surface area contributed by atoms with Gasteiger partial charge in [-0.1, -0.05) is 41.9 Å². The van der Waals surface area contributed by atoms with Crippen LogP contribution in [0.4, 0.5) is 4.39 Å². The minimum absolute atomic E-state index is 0.0111. The van der Waals surface area contributed by atoms with Gasteiger partial charge < -0.3 is 0 Å². The van der Waals surface area contributed by atoms with Crippen molar-refractivity contribution in [1.29, 1.82) is 0 Å². The summed E-state index contributed by atoms with van der Waals surface area (Å²) in [6, 6.07) is 4.37. The minimum Gasteiger partial charge on any atom is -0.283 e. The summed E-state index contributed by atoms with van der Waals surface area (Å²) in [6.07, 6.45) is 7.21. The van der Waals surface area contributed by atoms with Crippen LogP contribution in [-0.2, 0) is 25.1 Å². The summed E-state index contributed by atoms with van der Waals surface area (Å²) >= 11 is 9.25. The molecule has 0 amide bonds. The van der Waals surface area contributed by atoms with Crippen molar-refractivity contribution in [1.82, 2.24) is 9.55 Å². The molecule has 0 radical (unpaired) electrons. The second kappa shape index (κ2) is 8.39. The first-order valence-corrected chi connectivity index (χ1v) is 11.5. The molecular weight excluding hydrogens is 415 g/mol. The number of halogens is 2. The van der Waals surface area contributed by atoms with Crippen molar-refractivity contribution >= 4 is 44.9 Å². The van der Waals surface area contributed by atoms with E-state index in [9.17, 15) is 9.18 Å².